The minimum Gasteiger partial charge on any atom is -0.396 e. The van der Waals surface area contributed by atoms with Gasteiger partial charge in [0.2, 0.25) is 0 Å². The lowest BCUT2D eigenvalue weighted by molar-refractivity contribution is 0.0923. The van der Waals surface area contributed by atoms with Crippen molar-refractivity contribution in [3.8, 4) is 0 Å². The summed E-state index contributed by atoms with van der Waals surface area (Å²) in [6.45, 7) is 3.47. The molecule has 0 spiro atoms. The van der Waals surface area contributed by atoms with E-state index in [0.717, 1.165) is 25.9 Å². The van der Waals surface area contributed by atoms with Crippen LogP contribution in [0.15, 0.2) is 0 Å². The van der Waals surface area contributed by atoms with E-state index in [9.17, 15) is 0 Å². The number of ether oxygens (including phenoxy) is 1. The Morgan fingerprint density at radius 2 is 2.31 bits per heavy atom. The second-order valence-electron chi connectivity index (χ2n) is 4.05. The molecule has 1 heterocycles. The van der Waals surface area contributed by atoms with Crippen LogP contribution in [0.4, 0.5) is 0 Å². The van der Waals surface area contributed by atoms with Crippen LogP contribution in [0.3, 0.4) is 0 Å². The number of hydrogen-bond acceptors (Lipinski definition) is 2. The Balaban J connectivity index is 2.07. The monoisotopic (exact) mass is 186 g/mol. The highest BCUT2D eigenvalue weighted by Crippen LogP contribution is 2.21. The fourth-order valence-electron chi connectivity index (χ4n) is 2.03. The molecule has 2 nitrogen and oxygen atoms in total. The van der Waals surface area contributed by atoms with Crippen LogP contribution in [-0.4, -0.2) is 24.4 Å². The highest BCUT2D eigenvalue weighted by atomic mass is 16.5. The molecule has 2 heteroatoms. The fourth-order valence-corrected chi connectivity index (χ4v) is 2.03. The van der Waals surface area contributed by atoms with E-state index >= 15 is 0 Å². The minimum absolute atomic E-state index is 0.348. The molecule has 1 saturated heterocycles. The SMILES string of the molecule is CCCC(CO)CCC1CCCO1. The van der Waals surface area contributed by atoms with Crippen LogP contribution in [0.5, 0.6) is 0 Å². The predicted molar refractivity (Wildman–Crippen MR) is 53.7 cm³/mol. The molecule has 0 amide bonds. The summed E-state index contributed by atoms with van der Waals surface area (Å²) in [5.41, 5.74) is 0. The fraction of sp³-hybridized carbons (Fsp3) is 1.00. The predicted octanol–water partition coefficient (Wildman–Crippen LogP) is 2.35. The largest absolute Gasteiger partial charge is 0.396 e. The maximum atomic E-state index is 9.09. The van der Waals surface area contributed by atoms with E-state index in [1.165, 1.54) is 19.3 Å². The lowest BCUT2D eigenvalue weighted by atomic mass is 9.96. The maximum absolute atomic E-state index is 9.09. The van der Waals surface area contributed by atoms with Gasteiger partial charge in [-0.05, 0) is 38.0 Å². The molecule has 78 valence electrons. The van der Waals surface area contributed by atoms with Crippen molar-refractivity contribution in [3.05, 3.63) is 0 Å². The van der Waals surface area contributed by atoms with Gasteiger partial charge in [-0.2, -0.15) is 0 Å². The minimum atomic E-state index is 0.348. The molecule has 1 aliphatic heterocycles. The van der Waals surface area contributed by atoms with E-state index in [-0.39, 0.29) is 0 Å². The van der Waals surface area contributed by atoms with Gasteiger partial charge in [0.1, 0.15) is 0 Å². The van der Waals surface area contributed by atoms with Gasteiger partial charge in [-0.1, -0.05) is 13.3 Å². The van der Waals surface area contributed by atoms with Crippen molar-refractivity contribution >= 4 is 0 Å². The van der Waals surface area contributed by atoms with E-state index in [0.29, 0.717) is 18.6 Å². The molecular weight excluding hydrogens is 164 g/mol. The van der Waals surface area contributed by atoms with Crippen LogP contribution >= 0.6 is 0 Å². The first kappa shape index (κ1) is 11.0. The third kappa shape index (κ3) is 4.10. The molecule has 1 fully saturated rings. The Morgan fingerprint density at radius 3 is 2.85 bits per heavy atom. The Kier molecular flexibility index (Phi) is 5.40. The number of rotatable bonds is 6. The van der Waals surface area contributed by atoms with Gasteiger partial charge in [-0.3, -0.25) is 0 Å². The summed E-state index contributed by atoms with van der Waals surface area (Å²) in [6, 6.07) is 0. The van der Waals surface area contributed by atoms with Crippen LogP contribution in [0.25, 0.3) is 0 Å². The second-order valence-corrected chi connectivity index (χ2v) is 4.05. The summed E-state index contributed by atoms with van der Waals surface area (Å²) in [4.78, 5) is 0. The summed E-state index contributed by atoms with van der Waals surface area (Å²) in [5.74, 6) is 0.509. The van der Waals surface area contributed by atoms with Gasteiger partial charge in [0, 0.05) is 13.2 Å². The molecule has 0 aliphatic carbocycles. The quantitative estimate of drug-likeness (QED) is 0.690. The van der Waals surface area contributed by atoms with Crippen LogP contribution in [0.1, 0.15) is 45.4 Å². The van der Waals surface area contributed by atoms with Gasteiger partial charge in [-0.15, -0.1) is 0 Å². The molecule has 0 aromatic carbocycles. The second kappa shape index (κ2) is 6.39. The van der Waals surface area contributed by atoms with Crippen molar-refractivity contribution in [2.75, 3.05) is 13.2 Å². The Labute approximate surface area is 81.3 Å². The number of aliphatic hydroxyl groups is 1. The zero-order valence-corrected chi connectivity index (χ0v) is 8.67. The molecule has 0 bridgehead atoms. The Hall–Kier alpha value is -0.0800. The lowest BCUT2D eigenvalue weighted by Gasteiger charge is -2.15. The van der Waals surface area contributed by atoms with Crippen molar-refractivity contribution < 1.29 is 9.84 Å². The summed E-state index contributed by atoms with van der Waals surface area (Å²) in [7, 11) is 0. The third-order valence-corrected chi connectivity index (χ3v) is 2.88. The van der Waals surface area contributed by atoms with Gasteiger partial charge >= 0.3 is 0 Å². The lowest BCUT2D eigenvalue weighted by Crippen LogP contribution is -2.11. The molecule has 0 saturated carbocycles. The topological polar surface area (TPSA) is 29.5 Å². The Morgan fingerprint density at radius 1 is 1.46 bits per heavy atom. The Bertz CT molecular complexity index is 119. The molecule has 2 atom stereocenters. The van der Waals surface area contributed by atoms with Crippen molar-refractivity contribution in [2.24, 2.45) is 5.92 Å². The standard InChI is InChI=1S/C11H22O2/c1-2-4-10(9-12)6-7-11-5-3-8-13-11/h10-12H,2-9H2,1H3. The highest BCUT2D eigenvalue weighted by molar-refractivity contribution is 4.67. The number of aliphatic hydroxyl groups excluding tert-OH is 1. The molecule has 0 aromatic rings. The first-order valence-electron chi connectivity index (χ1n) is 5.59. The smallest absolute Gasteiger partial charge is 0.0576 e. The van der Waals surface area contributed by atoms with Crippen molar-refractivity contribution in [2.45, 2.75) is 51.6 Å². The van der Waals surface area contributed by atoms with Gasteiger partial charge in [0.25, 0.3) is 0 Å². The van der Waals surface area contributed by atoms with Crippen molar-refractivity contribution in [1.29, 1.82) is 0 Å². The molecule has 1 N–H and O–H groups in total. The first-order chi connectivity index (χ1) is 6.36. The first-order valence-corrected chi connectivity index (χ1v) is 5.59. The normalized spacial score (nSPS) is 24.9. The van der Waals surface area contributed by atoms with Gasteiger partial charge in [0.15, 0.2) is 0 Å². The van der Waals surface area contributed by atoms with E-state index in [1.54, 1.807) is 0 Å². The zero-order valence-electron chi connectivity index (χ0n) is 8.67. The van der Waals surface area contributed by atoms with Crippen LogP contribution in [0.2, 0.25) is 0 Å². The van der Waals surface area contributed by atoms with Crippen molar-refractivity contribution in [1.82, 2.24) is 0 Å². The molecule has 2 unspecified atom stereocenters. The molecule has 13 heavy (non-hydrogen) atoms. The summed E-state index contributed by atoms with van der Waals surface area (Å²) >= 11 is 0. The van der Waals surface area contributed by atoms with Gasteiger partial charge in [-0.25, -0.2) is 0 Å². The molecule has 1 aliphatic rings. The average molecular weight is 186 g/mol. The zero-order chi connectivity index (χ0) is 9.52. The molecule has 0 aromatic heterocycles. The van der Waals surface area contributed by atoms with E-state index in [4.69, 9.17) is 9.84 Å². The third-order valence-electron chi connectivity index (χ3n) is 2.88. The molecular formula is C11H22O2. The van der Waals surface area contributed by atoms with E-state index < -0.39 is 0 Å². The maximum Gasteiger partial charge on any atom is 0.0576 e. The van der Waals surface area contributed by atoms with Crippen molar-refractivity contribution in [3.63, 3.8) is 0 Å². The summed E-state index contributed by atoms with van der Waals surface area (Å²) in [5, 5.41) is 9.09. The average Bonchev–Trinajstić information content (AvgIpc) is 2.64. The highest BCUT2D eigenvalue weighted by Gasteiger charge is 2.17. The van der Waals surface area contributed by atoms with E-state index in [1.807, 2.05) is 0 Å². The number of hydrogen-bond donors (Lipinski definition) is 1. The molecule has 1 rings (SSSR count). The van der Waals surface area contributed by atoms with Gasteiger partial charge in [0.05, 0.1) is 6.10 Å². The summed E-state index contributed by atoms with van der Waals surface area (Å²) in [6.07, 6.45) is 7.55. The summed E-state index contributed by atoms with van der Waals surface area (Å²) < 4.78 is 5.54. The van der Waals surface area contributed by atoms with Crippen LogP contribution in [-0.2, 0) is 4.74 Å². The molecule has 0 radical (unpaired) electrons. The van der Waals surface area contributed by atoms with E-state index in [2.05, 4.69) is 6.92 Å². The van der Waals surface area contributed by atoms with Gasteiger partial charge < -0.3 is 9.84 Å². The van der Waals surface area contributed by atoms with Crippen LogP contribution < -0.4 is 0 Å². The van der Waals surface area contributed by atoms with Crippen LogP contribution in [0, 0.1) is 5.92 Å².